The van der Waals surface area contributed by atoms with Crippen LogP contribution in [0.4, 0.5) is 11.5 Å². The second-order valence-electron chi connectivity index (χ2n) is 11.1. The third-order valence-electron chi connectivity index (χ3n) is 8.26. The first-order valence-electron chi connectivity index (χ1n) is 12.3. The second kappa shape index (κ2) is 8.99. The van der Waals surface area contributed by atoms with Crippen LogP contribution >= 0.6 is 34.8 Å². The molecule has 4 aliphatic carbocycles. The topological polar surface area (TPSA) is 108 Å². The van der Waals surface area contributed by atoms with Crippen molar-refractivity contribution >= 4 is 52.2 Å². The number of carbonyl (C=O) groups excluding carboxylic acids is 1. The van der Waals surface area contributed by atoms with Crippen molar-refractivity contribution in [1.29, 1.82) is 0 Å². The van der Waals surface area contributed by atoms with Gasteiger partial charge in [-0.2, -0.15) is 10.2 Å². The van der Waals surface area contributed by atoms with Crippen LogP contribution in [0.25, 0.3) is 0 Å². The number of aromatic nitrogens is 4. The summed E-state index contributed by atoms with van der Waals surface area (Å²) in [6.07, 6.45) is 10.7. The van der Waals surface area contributed by atoms with Crippen LogP contribution in [0, 0.1) is 27.4 Å². The molecular formula is C25H25Cl3N6O3. The highest BCUT2D eigenvalue weighted by atomic mass is 35.5. The minimum atomic E-state index is -0.405. The van der Waals surface area contributed by atoms with Crippen LogP contribution in [0.2, 0.25) is 15.1 Å². The fraction of sp³-hybridized carbons (Fsp3) is 0.480. The molecule has 0 saturated heterocycles. The highest BCUT2D eigenvalue weighted by molar-refractivity contribution is 6.42. The van der Waals surface area contributed by atoms with Gasteiger partial charge in [0.1, 0.15) is 17.4 Å². The van der Waals surface area contributed by atoms with Crippen LogP contribution in [0.5, 0.6) is 0 Å². The lowest BCUT2D eigenvalue weighted by Gasteiger charge is -2.61. The molecule has 7 rings (SSSR count). The normalized spacial score (nSPS) is 28.0. The first-order valence-corrected chi connectivity index (χ1v) is 13.4. The Balaban J connectivity index is 1.17. The van der Waals surface area contributed by atoms with E-state index in [2.05, 4.69) is 15.5 Å². The van der Waals surface area contributed by atoms with Crippen molar-refractivity contribution < 1.29 is 9.72 Å². The fourth-order valence-corrected chi connectivity index (χ4v) is 7.97. The molecule has 4 saturated carbocycles. The molecular weight excluding hydrogens is 539 g/mol. The molecule has 2 aromatic heterocycles. The Morgan fingerprint density at radius 1 is 1.11 bits per heavy atom. The number of carbonyl (C=O) groups is 1. The molecule has 3 aromatic rings. The summed E-state index contributed by atoms with van der Waals surface area (Å²) in [6.45, 7) is 0.429. The molecule has 4 bridgehead atoms. The number of nitrogens with one attached hydrogen (secondary N) is 1. The van der Waals surface area contributed by atoms with Crippen molar-refractivity contribution in [2.75, 3.05) is 5.32 Å². The number of amides is 1. The zero-order valence-electron chi connectivity index (χ0n) is 19.9. The molecule has 1 N–H and O–H groups in total. The van der Waals surface area contributed by atoms with E-state index in [-0.39, 0.29) is 22.5 Å². The number of anilines is 1. The van der Waals surface area contributed by atoms with Crippen LogP contribution < -0.4 is 5.32 Å². The number of nitrogens with zero attached hydrogens (tertiary/aromatic N) is 5. The van der Waals surface area contributed by atoms with Gasteiger partial charge in [0.15, 0.2) is 5.82 Å². The average molecular weight is 564 g/mol. The monoisotopic (exact) mass is 562 g/mol. The zero-order valence-corrected chi connectivity index (χ0v) is 22.1. The van der Waals surface area contributed by atoms with Crippen molar-refractivity contribution in [2.45, 2.75) is 57.0 Å². The van der Waals surface area contributed by atoms with Gasteiger partial charge < -0.3 is 5.32 Å². The molecule has 194 valence electrons. The van der Waals surface area contributed by atoms with Crippen LogP contribution in [-0.4, -0.2) is 30.4 Å². The molecule has 1 aromatic carbocycles. The Kier molecular flexibility index (Phi) is 6.00. The van der Waals surface area contributed by atoms with Gasteiger partial charge in [-0.25, -0.2) is 0 Å². The van der Waals surface area contributed by atoms with E-state index in [1.807, 2.05) is 10.7 Å². The molecule has 4 aliphatic rings. The van der Waals surface area contributed by atoms with Gasteiger partial charge in [-0.05, 0) is 73.5 Å². The van der Waals surface area contributed by atoms with E-state index in [1.165, 1.54) is 6.20 Å². The third kappa shape index (κ3) is 4.62. The first-order chi connectivity index (χ1) is 17.6. The number of nitro groups is 1. The highest BCUT2D eigenvalue weighted by Crippen LogP contribution is 2.65. The van der Waals surface area contributed by atoms with Crippen molar-refractivity contribution in [3.63, 3.8) is 0 Å². The summed E-state index contributed by atoms with van der Waals surface area (Å²) in [5.74, 6) is 1.19. The van der Waals surface area contributed by atoms with Crippen LogP contribution in [-0.2, 0) is 16.9 Å². The van der Waals surface area contributed by atoms with Crippen LogP contribution in [0.3, 0.4) is 0 Å². The van der Waals surface area contributed by atoms with Gasteiger partial charge in [-0.3, -0.25) is 24.3 Å². The lowest BCUT2D eigenvalue weighted by atomic mass is 9.46. The molecule has 1 amide bonds. The average Bonchev–Trinajstić information content (AvgIpc) is 3.43. The molecule has 0 aliphatic heterocycles. The van der Waals surface area contributed by atoms with Crippen molar-refractivity contribution in [3.8, 4) is 0 Å². The maximum Gasteiger partial charge on any atom is 0.307 e. The van der Waals surface area contributed by atoms with Crippen molar-refractivity contribution in [3.05, 3.63) is 67.5 Å². The van der Waals surface area contributed by atoms with Gasteiger partial charge in [-0.15, -0.1) is 0 Å². The van der Waals surface area contributed by atoms with E-state index >= 15 is 0 Å². The minimum Gasteiger partial charge on any atom is -0.308 e. The van der Waals surface area contributed by atoms with Crippen LogP contribution in [0.1, 0.15) is 50.5 Å². The SMILES string of the molecule is O=C(CC12CC3CC(C1)CC(n1cc([N+](=O)[O-])cn1)(C3)C2)Nc1nn(Cc2ccc(Cl)c(Cl)c2)cc1Cl. The quantitative estimate of drug-likeness (QED) is 0.267. The first kappa shape index (κ1) is 24.7. The Hall–Kier alpha value is -2.62. The molecule has 12 heteroatoms. The molecule has 4 fully saturated rings. The Morgan fingerprint density at radius 3 is 2.54 bits per heavy atom. The summed E-state index contributed by atoms with van der Waals surface area (Å²) in [6, 6.07) is 5.36. The maximum absolute atomic E-state index is 13.3. The van der Waals surface area contributed by atoms with Crippen molar-refractivity contribution in [2.24, 2.45) is 17.3 Å². The predicted octanol–water partition coefficient (Wildman–Crippen LogP) is 6.32. The summed E-state index contributed by atoms with van der Waals surface area (Å²) in [7, 11) is 0. The lowest BCUT2D eigenvalue weighted by molar-refractivity contribution is -0.385. The Bertz CT molecular complexity index is 1390. The summed E-state index contributed by atoms with van der Waals surface area (Å²) >= 11 is 18.5. The molecule has 37 heavy (non-hydrogen) atoms. The number of rotatable bonds is 7. The minimum absolute atomic E-state index is 0.00800. The smallest absolute Gasteiger partial charge is 0.307 e. The van der Waals surface area contributed by atoms with E-state index in [0.717, 1.165) is 44.1 Å². The van der Waals surface area contributed by atoms with Gasteiger partial charge in [0.05, 0.1) is 27.1 Å². The van der Waals surface area contributed by atoms with E-state index < -0.39 is 4.92 Å². The molecule has 2 heterocycles. The number of halogens is 3. The largest absolute Gasteiger partial charge is 0.308 e. The van der Waals surface area contributed by atoms with Gasteiger partial charge >= 0.3 is 5.69 Å². The van der Waals surface area contributed by atoms with E-state index in [4.69, 9.17) is 34.8 Å². The molecule has 0 spiro atoms. The van der Waals surface area contributed by atoms with Crippen LogP contribution in [0.15, 0.2) is 36.8 Å². The number of benzene rings is 1. The van der Waals surface area contributed by atoms with E-state index in [1.54, 1.807) is 29.2 Å². The van der Waals surface area contributed by atoms with Crippen molar-refractivity contribution in [1.82, 2.24) is 19.6 Å². The van der Waals surface area contributed by atoms with E-state index in [9.17, 15) is 14.9 Å². The summed E-state index contributed by atoms with van der Waals surface area (Å²) in [5.41, 5.74) is 0.486. The summed E-state index contributed by atoms with van der Waals surface area (Å²) in [4.78, 5) is 24.1. The molecule has 2 unspecified atom stereocenters. The molecule has 0 radical (unpaired) electrons. The second-order valence-corrected chi connectivity index (χ2v) is 12.3. The highest BCUT2D eigenvalue weighted by Gasteiger charge is 2.59. The van der Waals surface area contributed by atoms with Gasteiger partial charge in [0.25, 0.3) is 0 Å². The van der Waals surface area contributed by atoms with Gasteiger partial charge in [0.2, 0.25) is 5.91 Å². The maximum atomic E-state index is 13.3. The fourth-order valence-electron chi connectivity index (χ4n) is 7.45. The predicted molar refractivity (Wildman–Crippen MR) is 140 cm³/mol. The Labute approximate surface area is 228 Å². The molecule has 2 atom stereocenters. The number of hydrogen-bond acceptors (Lipinski definition) is 5. The summed E-state index contributed by atoms with van der Waals surface area (Å²) < 4.78 is 3.47. The number of hydrogen-bond donors (Lipinski definition) is 1. The summed E-state index contributed by atoms with van der Waals surface area (Å²) in [5, 5.41) is 24.3. The van der Waals surface area contributed by atoms with Gasteiger partial charge in [0, 0.05) is 12.6 Å². The third-order valence-corrected chi connectivity index (χ3v) is 9.27. The van der Waals surface area contributed by atoms with E-state index in [0.29, 0.717) is 45.7 Å². The lowest BCUT2D eigenvalue weighted by Crippen LogP contribution is -2.57. The molecule has 9 nitrogen and oxygen atoms in total. The van der Waals surface area contributed by atoms with Gasteiger partial charge in [-0.1, -0.05) is 40.9 Å². The zero-order chi connectivity index (χ0) is 25.9. The Morgan fingerprint density at radius 2 is 1.86 bits per heavy atom. The standard InChI is InChI=1S/C25H25Cl3N6O3/c26-19-2-1-15(4-20(19)27)11-32-13-21(28)23(31-32)30-22(35)9-24-5-16-3-17(6-24)8-25(7-16,14-24)33-12-18(10-29-33)34(36)37/h1-2,4,10,12-13,16-17H,3,5-9,11,14H2,(H,30,31,35).